The van der Waals surface area contributed by atoms with Crippen LogP contribution in [0.25, 0.3) is 11.0 Å². The van der Waals surface area contributed by atoms with E-state index in [1.807, 2.05) is 22.9 Å². The van der Waals surface area contributed by atoms with Gasteiger partial charge >= 0.3 is 0 Å². The first kappa shape index (κ1) is 17.9. The van der Waals surface area contributed by atoms with E-state index in [1.165, 1.54) is 16.8 Å². The number of anilines is 1. The minimum absolute atomic E-state index is 0.418. The second kappa shape index (κ2) is 7.68. The van der Waals surface area contributed by atoms with E-state index in [9.17, 15) is 0 Å². The van der Waals surface area contributed by atoms with E-state index in [4.69, 9.17) is 0 Å². The molecule has 4 aromatic rings. The maximum atomic E-state index is 4.42. The summed E-state index contributed by atoms with van der Waals surface area (Å²) in [7, 11) is 0. The van der Waals surface area contributed by atoms with Gasteiger partial charge < -0.3 is 4.90 Å². The van der Waals surface area contributed by atoms with Crippen molar-refractivity contribution in [3.8, 4) is 0 Å². The molecule has 0 aliphatic carbocycles. The zero-order valence-electron chi connectivity index (χ0n) is 16.6. The van der Waals surface area contributed by atoms with Crippen LogP contribution in [0.5, 0.6) is 0 Å². The van der Waals surface area contributed by atoms with Crippen LogP contribution in [0, 0.1) is 6.92 Å². The SMILES string of the molecule is Cc1ccc(N2C[C@H](Cc3ccccc3)N(Cn3nnc4ccccc43)C2)cc1. The Morgan fingerprint density at radius 1 is 0.897 bits per heavy atom. The zero-order chi connectivity index (χ0) is 19.6. The van der Waals surface area contributed by atoms with Gasteiger partial charge in [-0.05, 0) is 43.2 Å². The number of nitrogens with zero attached hydrogens (tertiary/aromatic N) is 5. The third kappa shape index (κ3) is 3.74. The Kier molecular flexibility index (Phi) is 4.74. The fourth-order valence-corrected chi connectivity index (χ4v) is 4.14. The molecule has 1 fully saturated rings. The standard InChI is InChI=1S/C24H25N5/c1-19-11-13-21(14-12-19)27-16-22(15-20-7-3-2-4-8-20)28(17-27)18-29-24-10-6-5-9-23(24)25-26-29/h2-14,22H,15-18H2,1H3/t22-/m0/s1. The molecule has 0 bridgehead atoms. The number of hydrogen-bond donors (Lipinski definition) is 0. The Morgan fingerprint density at radius 3 is 2.48 bits per heavy atom. The number of rotatable bonds is 5. The first-order valence-corrected chi connectivity index (χ1v) is 10.1. The van der Waals surface area contributed by atoms with Gasteiger partial charge in [-0.2, -0.15) is 0 Å². The number of fused-ring (bicyclic) bond motifs is 1. The lowest BCUT2D eigenvalue weighted by atomic mass is 10.1. The highest BCUT2D eigenvalue weighted by Crippen LogP contribution is 2.25. The van der Waals surface area contributed by atoms with Crippen molar-refractivity contribution in [2.24, 2.45) is 0 Å². The Morgan fingerprint density at radius 2 is 1.66 bits per heavy atom. The maximum absolute atomic E-state index is 4.42. The van der Waals surface area contributed by atoms with E-state index in [1.54, 1.807) is 0 Å². The minimum atomic E-state index is 0.418. The van der Waals surface area contributed by atoms with Gasteiger partial charge in [-0.3, -0.25) is 4.90 Å². The van der Waals surface area contributed by atoms with Gasteiger partial charge in [0.2, 0.25) is 0 Å². The van der Waals surface area contributed by atoms with Crippen molar-refractivity contribution in [3.05, 3.63) is 90.0 Å². The Labute approximate surface area is 171 Å². The van der Waals surface area contributed by atoms with E-state index in [0.29, 0.717) is 6.04 Å². The quantitative estimate of drug-likeness (QED) is 0.520. The van der Waals surface area contributed by atoms with Crippen LogP contribution < -0.4 is 4.90 Å². The monoisotopic (exact) mass is 383 g/mol. The Bertz CT molecular complexity index is 1090. The van der Waals surface area contributed by atoms with Crippen LogP contribution >= 0.6 is 0 Å². The van der Waals surface area contributed by atoms with Crippen molar-refractivity contribution >= 4 is 16.7 Å². The molecule has 5 rings (SSSR count). The van der Waals surface area contributed by atoms with Crippen molar-refractivity contribution in [2.75, 3.05) is 18.1 Å². The lowest BCUT2D eigenvalue weighted by Crippen LogP contribution is -2.34. The average Bonchev–Trinajstić information content (AvgIpc) is 3.34. The number of hydrogen-bond acceptors (Lipinski definition) is 4. The van der Waals surface area contributed by atoms with Gasteiger partial charge in [0, 0.05) is 18.3 Å². The third-order valence-electron chi connectivity index (χ3n) is 5.75. The smallest absolute Gasteiger partial charge is 0.113 e. The molecule has 0 unspecified atom stereocenters. The van der Waals surface area contributed by atoms with Crippen LogP contribution in [0.15, 0.2) is 78.9 Å². The summed E-state index contributed by atoms with van der Waals surface area (Å²) in [5.74, 6) is 0. The van der Waals surface area contributed by atoms with Gasteiger partial charge in [0.25, 0.3) is 0 Å². The van der Waals surface area contributed by atoms with Crippen molar-refractivity contribution in [3.63, 3.8) is 0 Å². The fourth-order valence-electron chi connectivity index (χ4n) is 4.14. The fraction of sp³-hybridized carbons (Fsp3) is 0.250. The number of benzene rings is 3. The molecule has 29 heavy (non-hydrogen) atoms. The third-order valence-corrected chi connectivity index (χ3v) is 5.75. The second-order valence-corrected chi connectivity index (χ2v) is 7.85. The van der Waals surface area contributed by atoms with Gasteiger partial charge in [-0.15, -0.1) is 5.10 Å². The summed E-state index contributed by atoms with van der Waals surface area (Å²) in [4.78, 5) is 4.97. The van der Waals surface area contributed by atoms with Gasteiger partial charge in [-0.25, -0.2) is 4.68 Å². The molecule has 3 aromatic carbocycles. The highest BCUT2D eigenvalue weighted by atomic mass is 15.5. The van der Waals surface area contributed by atoms with Crippen LogP contribution in [0.4, 0.5) is 5.69 Å². The molecule has 1 aliphatic rings. The molecule has 0 N–H and O–H groups in total. The van der Waals surface area contributed by atoms with Crippen LogP contribution in [0.3, 0.4) is 0 Å². The molecule has 1 aromatic heterocycles. The average molecular weight is 383 g/mol. The molecule has 0 amide bonds. The summed E-state index contributed by atoms with van der Waals surface area (Å²) < 4.78 is 2.02. The minimum Gasteiger partial charge on any atom is -0.357 e. The van der Waals surface area contributed by atoms with E-state index in [0.717, 1.165) is 37.3 Å². The van der Waals surface area contributed by atoms with E-state index in [2.05, 4.69) is 87.7 Å². The van der Waals surface area contributed by atoms with Crippen molar-refractivity contribution in [2.45, 2.75) is 26.1 Å². The Balaban J connectivity index is 1.42. The van der Waals surface area contributed by atoms with Crippen LogP contribution in [-0.2, 0) is 13.1 Å². The topological polar surface area (TPSA) is 37.2 Å². The second-order valence-electron chi connectivity index (χ2n) is 7.85. The first-order chi connectivity index (χ1) is 14.3. The number of aryl methyl sites for hydroxylation is 1. The summed E-state index contributed by atoms with van der Waals surface area (Å²) in [6, 6.07) is 28.2. The summed E-state index contributed by atoms with van der Waals surface area (Å²) in [5, 5.41) is 8.75. The largest absolute Gasteiger partial charge is 0.357 e. The molecule has 1 saturated heterocycles. The van der Waals surface area contributed by atoms with Crippen molar-refractivity contribution < 1.29 is 0 Å². The summed E-state index contributed by atoms with van der Waals surface area (Å²) in [6.07, 6.45) is 1.02. The summed E-state index contributed by atoms with van der Waals surface area (Å²) in [6.45, 7) is 4.76. The van der Waals surface area contributed by atoms with Crippen LogP contribution in [0.1, 0.15) is 11.1 Å². The molecule has 2 heterocycles. The molecule has 5 heteroatoms. The first-order valence-electron chi connectivity index (χ1n) is 10.1. The van der Waals surface area contributed by atoms with Gasteiger partial charge in [0.1, 0.15) is 5.52 Å². The highest BCUT2D eigenvalue weighted by Gasteiger charge is 2.31. The molecular formula is C24H25N5. The van der Waals surface area contributed by atoms with Gasteiger partial charge in [-0.1, -0.05) is 65.4 Å². The number of aromatic nitrogens is 3. The molecule has 0 spiro atoms. The lowest BCUT2D eigenvalue weighted by molar-refractivity contribution is 0.195. The molecule has 0 radical (unpaired) electrons. The molecule has 0 saturated carbocycles. The molecule has 1 atom stereocenters. The predicted molar refractivity (Wildman–Crippen MR) is 117 cm³/mol. The van der Waals surface area contributed by atoms with Gasteiger partial charge in [0.05, 0.1) is 18.9 Å². The normalized spacial score (nSPS) is 17.3. The van der Waals surface area contributed by atoms with E-state index in [-0.39, 0.29) is 0 Å². The molecule has 146 valence electrons. The van der Waals surface area contributed by atoms with Crippen LogP contribution in [0.2, 0.25) is 0 Å². The maximum Gasteiger partial charge on any atom is 0.113 e. The molecular weight excluding hydrogens is 358 g/mol. The van der Waals surface area contributed by atoms with Gasteiger partial charge in [0.15, 0.2) is 0 Å². The lowest BCUT2D eigenvalue weighted by Gasteiger charge is -2.23. The van der Waals surface area contributed by atoms with Crippen molar-refractivity contribution in [1.29, 1.82) is 0 Å². The predicted octanol–water partition coefficient (Wildman–Crippen LogP) is 4.09. The zero-order valence-corrected chi connectivity index (χ0v) is 16.6. The van der Waals surface area contributed by atoms with E-state index >= 15 is 0 Å². The summed E-state index contributed by atoms with van der Waals surface area (Å²) >= 11 is 0. The van der Waals surface area contributed by atoms with E-state index < -0.39 is 0 Å². The highest BCUT2D eigenvalue weighted by molar-refractivity contribution is 5.73. The summed E-state index contributed by atoms with van der Waals surface area (Å²) in [5.41, 5.74) is 5.97. The Hall–Kier alpha value is -3.18. The van der Waals surface area contributed by atoms with Crippen LogP contribution in [-0.4, -0.2) is 39.1 Å². The molecule has 1 aliphatic heterocycles. The number of para-hydroxylation sites is 1. The molecule has 5 nitrogen and oxygen atoms in total. The van der Waals surface area contributed by atoms with Crippen molar-refractivity contribution in [1.82, 2.24) is 19.9 Å².